The molecule has 2 N–H and O–H groups in total. The molecule has 0 bridgehead atoms. The lowest BCUT2D eigenvalue weighted by Gasteiger charge is -2.10. The molecule has 0 aromatic heterocycles. The van der Waals surface area contributed by atoms with Crippen molar-refractivity contribution >= 4 is 28.9 Å². The van der Waals surface area contributed by atoms with Crippen LogP contribution in [0, 0.1) is 10.1 Å². The van der Waals surface area contributed by atoms with Crippen LogP contribution in [0.25, 0.3) is 0 Å². The Bertz CT molecular complexity index is 745. The van der Waals surface area contributed by atoms with Gasteiger partial charge in [-0.2, -0.15) is 0 Å². The molecular weight excluding hydrogens is 330 g/mol. The number of thiocarbonyl (C=S) groups is 1. The highest BCUT2D eigenvalue weighted by molar-refractivity contribution is 7.80. The highest BCUT2D eigenvalue weighted by Gasteiger charge is 2.10. The lowest BCUT2D eigenvalue weighted by Crippen LogP contribution is -2.38. The number of hydrogen-bond acceptors (Lipinski definition) is 5. The third kappa shape index (κ3) is 4.75. The molecule has 0 saturated heterocycles. The molecule has 7 nitrogen and oxygen atoms in total. The van der Waals surface area contributed by atoms with Crippen molar-refractivity contribution in [2.75, 3.05) is 7.11 Å². The quantitative estimate of drug-likeness (QED) is 0.491. The second-order valence-electron chi connectivity index (χ2n) is 4.79. The molecule has 0 radical (unpaired) electrons. The summed E-state index contributed by atoms with van der Waals surface area (Å²) in [6.07, 6.45) is 0. The third-order valence-corrected chi connectivity index (χ3v) is 3.43. The molecule has 2 aromatic rings. The van der Waals surface area contributed by atoms with Crippen molar-refractivity contribution in [1.29, 1.82) is 0 Å². The minimum atomic E-state index is -0.525. The summed E-state index contributed by atoms with van der Waals surface area (Å²) < 4.78 is 5.07. The van der Waals surface area contributed by atoms with E-state index in [9.17, 15) is 14.9 Å². The number of carbonyl (C=O) groups is 1. The summed E-state index contributed by atoms with van der Waals surface area (Å²) in [5.41, 5.74) is 1.18. The minimum absolute atomic E-state index is 0.0771. The Morgan fingerprint density at radius 3 is 2.33 bits per heavy atom. The molecule has 0 atom stereocenters. The van der Waals surface area contributed by atoms with Crippen molar-refractivity contribution in [3.63, 3.8) is 0 Å². The number of nitro groups is 1. The molecule has 2 aromatic carbocycles. The molecule has 0 heterocycles. The van der Waals surface area contributed by atoms with Gasteiger partial charge in [-0.15, -0.1) is 0 Å². The van der Waals surface area contributed by atoms with Crippen molar-refractivity contribution < 1.29 is 14.5 Å². The molecule has 0 aliphatic carbocycles. The monoisotopic (exact) mass is 345 g/mol. The Hall–Kier alpha value is -3.00. The van der Waals surface area contributed by atoms with E-state index in [2.05, 4.69) is 10.6 Å². The molecular formula is C16H15N3O4S. The number of amides is 1. The fraction of sp³-hybridized carbons (Fsp3) is 0.125. The molecule has 0 aliphatic rings. The number of non-ortho nitro benzene ring substituents is 1. The maximum absolute atomic E-state index is 12.0. The average molecular weight is 345 g/mol. The zero-order chi connectivity index (χ0) is 17.5. The molecule has 124 valence electrons. The van der Waals surface area contributed by atoms with Crippen LogP contribution in [0.2, 0.25) is 0 Å². The normalized spacial score (nSPS) is 9.88. The van der Waals surface area contributed by atoms with Crippen LogP contribution in [0.1, 0.15) is 15.9 Å². The second-order valence-corrected chi connectivity index (χ2v) is 5.20. The molecule has 24 heavy (non-hydrogen) atoms. The SMILES string of the molecule is COc1ccc(CNC(=S)NC(=O)c2ccc([N+](=O)[O-])cc2)cc1. The van der Waals surface area contributed by atoms with E-state index < -0.39 is 10.8 Å². The number of benzene rings is 2. The Morgan fingerprint density at radius 1 is 1.17 bits per heavy atom. The summed E-state index contributed by atoms with van der Waals surface area (Å²) in [5.74, 6) is 0.324. The van der Waals surface area contributed by atoms with Crippen LogP contribution < -0.4 is 15.4 Å². The summed E-state index contributed by atoms with van der Waals surface area (Å²) in [4.78, 5) is 22.1. The molecule has 1 amide bonds. The highest BCUT2D eigenvalue weighted by atomic mass is 32.1. The van der Waals surface area contributed by atoms with Crippen LogP contribution in [0.3, 0.4) is 0 Å². The Morgan fingerprint density at radius 2 is 1.79 bits per heavy atom. The first-order valence-electron chi connectivity index (χ1n) is 6.96. The van der Waals surface area contributed by atoms with Crippen LogP contribution in [0.4, 0.5) is 5.69 Å². The highest BCUT2D eigenvalue weighted by Crippen LogP contribution is 2.12. The summed E-state index contributed by atoms with van der Waals surface area (Å²) in [7, 11) is 1.59. The summed E-state index contributed by atoms with van der Waals surface area (Å²) in [5, 5.41) is 16.2. The largest absolute Gasteiger partial charge is 0.497 e. The molecule has 0 spiro atoms. The van der Waals surface area contributed by atoms with E-state index in [1.165, 1.54) is 24.3 Å². The van der Waals surface area contributed by atoms with Gasteiger partial charge in [0.15, 0.2) is 5.11 Å². The van der Waals surface area contributed by atoms with Crippen molar-refractivity contribution in [2.45, 2.75) is 6.54 Å². The van der Waals surface area contributed by atoms with Gasteiger partial charge in [0.1, 0.15) is 5.75 Å². The standard InChI is InChI=1S/C16H15N3O4S/c1-23-14-8-2-11(3-9-14)10-17-16(24)18-15(20)12-4-6-13(7-5-12)19(21)22/h2-9H,10H2,1H3,(H2,17,18,20,24). The van der Waals surface area contributed by atoms with E-state index in [1.807, 2.05) is 24.3 Å². The lowest BCUT2D eigenvalue weighted by molar-refractivity contribution is -0.384. The van der Waals surface area contributed by atoms with Crippen molar-refractivity contribution in [3.8, 4) is 5.75 Å². The van der Waals surface area contributed by atoms with Gasteiger partial charge in [-0.3, -0.25) is 20.2 Å². The van der Waals surface area contributed by atoms with E-state index in [1.54, 1.807) is 7.11 Å². The first-order valence-corrected chi connectivity index (χ1v) is 7.37. The second kappa shape index (κ2) is 8.02. The van der Waals surface area contributed by atoms with Crippen molar-refractivity contribution in [1.82, 2.24) is 10.6 Å². The van der Waals surface area contributed by atoms with E-state index >= 15 is 0 Å². The molecule has 0 fully saturated rings. The smallest absolute Gasteiger partial charge is 0.269 e. The zero-order valence-electron chi connectivity index (χ0n) is 12.8. The number of carbonyl (C=O) groups excluding carboxylic acids is 1. The predicted octanol–water partition coefficient (Wildman–Crippen LogP) is 2.41. The number of nitrogens with zero attached hydrogens (tertiary/aromatic N) is 1. The van der Waals surface area contributed by atoms with Gasteiger partial charge in [0, 0.05) is 24.2 Å². The van der Waals surface area contributed by atoms with E-state index in [-0.39, 0.29) is 16.4 Å². The summed E-state index contributed by atoms with van der Waals surface area (Å²) >= 11 is 5.07. The van der Waals surface area contributed by atoms with Crippen LogP contribution in [0.5, 0.6) is 5.75 Å². The molecule has 2 rings (SSSR count). The Kier molecular flexibility index (Phi) is 5.80. The first-order chi connectivity index (χ1) is 11.5. The van der Waals surface area contributed by atoms with Crippen molar-refractivity contribution in [3.05, 3.63) is 69.8 Å². The van der Waals surface area contributed by atoms with Gasteiger partial charge in [0.25, 0.3) is 11.6 Å². The number of nitrogens with one attached hydrogen (secondary N) is 2. The lowest BCUT2D eigenvalue weighted by atomic mass is 10.2. The van der Waals surface area contributed by atoms with Crippen molar-refractivity contribution in [2.24, 2.45) is 0 Å². The summed E-state index contributed by atoms with van der Waals surface area (Å²) in [6.45, 7) is 0.448. The number of nitro benzene ring substituents is 1. The van der Waals surface area contributed by atoms with Gasteiger partial charge in [0.05, 0.1) is 12.0 Å². The zero-order valence-corrected chi connectivity index (χ0v) is 13.6. The van der Waals surface area contributed by atoms with Gasteiger partial charge in [-0.25, -0.2) is 0 Å². The average Bonchev–Trinajstić information content (AvgIpc) is 2.60. The molecule has 0 aliphatic heterocycles. The van der Waals surface area contributed by atoms with Gasteiger partial charge >= 0.3 is 0 Å². The third-order valence-electron chi connectivity index (χ3n) is 3.18. The van der Waals surface area contributed by atoms with Gasteiger partial charge < -0.3 is 10.1 Å². The number of ether oxygens (including phenoxy) is 1. The maximum atomic E-state index is 12.0. The van der Waals surface area contributed by atoms with Crippen LogP contribution >= 0.6 is 12.2 Å². The number of hydrogen-bond donors (Lipinski definition) is 2. The van der Waals surface area contributed by atoms with Gasteiger partial charge in [-0.05, 0) is 42.0 Å². The first kappa shape index (κ1) is 17.4. The van der Waals surface area contributed by atoms with Gasteiger partial charge in [-0.1, -0.05) is 12.1 Å². The minimum Gasteiger partial charge on any atom is -0.497 e. The van der Waals surface area contributed by atoms with E-state index in [4.69, 9.17) is 17.0 Å². The number of rotatable bonds is 5. The molecule has 0 saturated carbocycles. The Balaban J connectivity index is 1.86. The fourth-order valence-corrected chi connectivity index (χ4v) is 2.04. The van der Waals surface area contributed by atoms with Crippen LogP contribution in [-0.2, 0) is 6.54 Å². The maximum Gasteiger partial charge on any atom is 0.269 e. The molecule has 0 unspecified atom stereocenters. The molecule has 8 heteroatoms. The van der Waals surface area contributed by atoms with E-state index in [0.29, 0.717) is 6.54 Å². The summed E-state index contributed by atoms with van der Waals surface area (Å²) in [6, 6.07) is 12.7. The van der Waals surface area contributed by atoms with Crippen LogP contribution in [-0.4, -0.2) is 23.1 Å². The van der Waals surface area contributed by atoms with Gasteiger partial charge in [0.2, 0.25) is 0 Å². The topological polar surface area (TPSA) is 93.5 Å². The Labute approximate surface area is 143 Å². The van der Waals surface area contributed by atoms with E-state index in [0.717, 1.165) is 11.3 Å². The number of methoxy groups -OCH3 is 1. The predicted molar refractivity (Wildman–Crippen MR) is 93.0 cm³/mol. The van der Waals surface area contributed by atoms with Crippen LogP contribution in [0.15, 0.2) is 48.5 Å². The fourth-order valence-electron chi connectivity index (χ4n) is 1.88.